The van der Waals surface area contributed by atoms with E-state index in [0.29, 0.717) is 12.6 Å². The summed E-state index contributed by atoms with van der Waals surface area (Å²) in [5, 5.41) is 9.52. The maximum absolute atomic E-state index is 12.3. The zero-order valence-electron chi connectivity index (χ0n) is 12.3. The van der Waals surface area contributed by atoms with Crippen LogP contribution in [-0.2, 0) is 4.79 Å². The third-order valence-electron chi connectivity index (χ3n) is 4.59. The van der Waals surface area contributed by atoms with Gasteiger partial charge in [0.1, 0.15) is 0 Å². The number of carbonyl (C=O) groups excluding carboxylic acids is 1. The quantitative estimate of drug-likeness (QED) is 0.840. The van der Waals surface area contributed by atoms with Crippen molar-refractivity contribution < 1.29 is 9.90 Å². The lowest BCUT2D eigenvalue weighted by molar-refractivity contribution is -0.134. The van der Waals surface area contributed by atoms with Crippen LogP contribution < -0.4 is 0 Å². The Kier molecular flexibility index (Phi) is 5.22. The second-order valence-electron chi connectivity index (χ2n) is 6.41. The van der Waals surface area contributed by atoms with Crippen LogP contribution >= 0.6 is 0 Å². The molecule has 0 bridgehead atoms. The molecule has 2 aliphatic rings. The van der Waals surface area contributed by atoms with Gasteiger partial charge in [-0.25, -0.2) is 0 Å². The van der Waals surface area contributed by atoms with Crippen LogP contribution in [0.1, 0.15) is 46.0 Å². The van der Waals surface area contributed by atoms with Gasteiger partial charge < -0.3 is 10.0 Å². The van der Waals surface area contributed by atoms with Gasteiger partial charge in [-0.05, 0) is 51.5 Å². The van der Waals surface area contributed by atoms with E-state index in [1.165, 1.54) is 0 Å². The molecular weight excluding hydrogens is 240 g/mol. The van der Waals surface area contributed by atoms with Crippen LogP contribution in [-0.4, -0.2) is 59.1 Å². The predicted molar refractivity (Wildman–Crippen MR) is 75.9 cm³/mol. The molecule has 19 heavy (non-hydrogen) atoms. The third kappa shape index (κ3) is 4.18. The molecule has 2 unspecified atom stereocenters. The summed E-state index contributed by atoms with van der Waals surface area (Å²) in [5.41, 5.74) is 0. The molecule has 0 spiro atoms. The second-order valence-corrected chi connectivity index (χ2v) is 6.41. The highest BCUT2D eigenvalue weighted by Crippen LogP contribution is 2.22. The topological polar surface area (TPSA) is 43.8 Å². The number of piperidine rings is 1. The summed E-state index contributed by atoms with van der Waals surface area (Å²) in [5.74, 6) is 1.04. The van der Waals surface area contributed by atoms with Gasteiger partial charge in [0.25, 0.3) is 0 Å². The fourth-order valence-electron chi connectivity index (χ4n) is 3.30. The number of aliphatic hydroxyl groups excluding tert-OH is 1. The summed E-state index contributed by atoms with van der Waals surface area (Å²) in [4.78, 5) is 16.6. The van der Waals surface area contributed by atoms with Gasteiger partial charge in [-0.3, -0.25) is 9.69 Å². The van der Waals surface area contributed by atoms with Crippen LogP contribution in [0.15, 0.2) is 0 Å². The molecule has 0 aromatic carbocycles. The Labute approximate surface area is 116 Å². The number of hydrogen-bond donors (Lipinski definition) is 1. The molecule has 2 heterocycles. The first-order valence-corrected chi connectivity index (χ1v) is 7.76. The molecule has 1 amide bonds. The number of hydrogen-bond acceptors (Lipinski definition) is 3. The van der Waals surface area contributed by atoms with Crippen LogP contribution in [0.3, 0.4) is 0 Å². The molecule has 0 aliphatic carbocycles. The summed E-state index contributed by atoms with van der Waals surface area (Å²) in [6, 6.07) is 0.396. The summed E-state index contributed by atoms with van der Waals surface area (Å²) in [6.45, 7) is 7.51. The second kappa shape index (κ2) is 6.71. The van der Waals surface area contributed by atoms with Crippen molar-refractivity contribution in [3.63, 3.8) is 0 Å². The fourth-order valence-corrected chi connectivity index (χ4v) is 3.30. The highest BCUT2D eigenvalue weighted by atomic mass is 16.3. The van der Waals surface area contributed by atoms with Gasteiger partial charge in [-0.1, -0.05) is 6.92 Å². The maximum atomic E-state index is 12.3. The van der Waals surface area contributed by atoms with Crippen LogP contribution in [0.2, 0.25) is 0 Å². The van der Waals surface area contributed by atoms with Gasteiger partial charge in [0.2, 0.25) is 5.91 Å². The Morgan fingerprint density at radius 3 is 2.58 bits per heavy atom. The molecule has 1 N–H and O–H groups in total. The van der Waals surface area contributed by atoms with Gasteiger partial charge in [0, 0.05) is 19.1 Å². The Bertz CT molecular complexity index is 299. The Morgan fingerprint density at radius 2 is 1.95 bits per heavy atom. The van der Waals surface area contributed by atoms with Gasteiger partial charge in [0.15, 0.2) is 0 Å². The SMILES string of the molecule is CC(O)CC1CCCN1CC(=O)N1CCC(C)CC1. The maximum Gasteiger partial charge on any atom is 0.236 e. The Hall–Kier alpha value is -0.610. The summed E-state index contributed by atoms with van der Waals surface area (Å²) >= 11 is 0. The van der Waals surface area contributed by atoms with Gasteiger partial charge in [0.05, 0.1) is 12.6 Å². The van der Waals surface area contributed by atoms with E-state index in [1.54, 1.807) is 0 Å². The molecule has 2 fully saturated rings. The molecule has 2 rings (SSSR count). The minimum atomic E-state index is -0.267. The Balaban J connectivity index is 1.81. The lowest BCUT2D eigenvalue weighted by Gasteiger charge is -2.33. The lowest BCUT2D eigenvalue weighted by atomic mass is 9.99. The third-order valence-corrected chi connectivity index (χ3v) is 4.59. The average molecular weight is 268 g/mol. The first-order chi connectivity index (χ1) is 9.06. The molecule has 2 saturated heterocycles. The molecule has 0 aromatic heterocycles. The molecule has 2 atom stereocenters. The number of carbonyl (C=O) groups is 1. The van der Waals surface area contributed by atoms with Crippen molar-refractivity contribution in [2.24, 2.45) is 5.92 Å². The average Bonchev–Trinajstić information content (AvgIpc) is 2.76. The fraction of sp³-hybridized carbons (Fsp3) is 0.933. The molecule has 0 saturated carbocycles. The first-order valence-electron chi connectivity index (χ1n) is 7.76. The number of amides is 1. The van der Waals surface area contributed by atoms with Crippen molar-refractivity contribution in [1.29, 1.82) is 0 Å². The molecule has 0 aromatic rings. The highest BCUT2D eigenvalue weighted by Gasteiger charge is 2.29. The van der Waals surface area contributed by atoms with Crippen LogP contribution in [0.25, 0.3) is 0 Å². The molecule has 110 valence electrons. The van der Waals surface area contributed by atoms with E-state index in [-0.39, 0.29) is 12.0 Å². The van der Waals surface area contributed by atoms with Crippen LogP contribution in [0.4, 0.5) is 0 Å². The highest BCUT2D eigenvalue weighted by molar-refractivity contribution is 5.78. The summed E-state index contributed by atoms with van der Waals surface area (Å²) in [7, 11) is 0. The van der Waals surface area contributed by atoms with Crippen LogP contribution in [0, 0.1) is 5.92 Å². The normalized spacial score (nSPS) is 27.7. The van der Waals surface area contributed by atoms with Crippen molar-refractivity contribution >= 4 is 5.91 Å². The summed E-state index contributed by atoms with van der Waals surface area (Å²) < 4.78 is 0. The molecule has 4 heteroatoms. The number of nitrogens with zero attached hydrogens (tertiary/aromatic N) is 2. The zero-order chi connectivity index (χ0) is 13.8. The predicted octanol–water partition coefficient (Wildman–Crippen LogP) is 1.48. The van der Waals surface area contributed by atoms with Gasteiger partial charge >= 0.3 is 0 Å². The van der Waals surface area contributed by atoms with Crippen molar-refractivity contribution in [2.75, 3.05) is 26.2 Å². The number of aliphatic hydroxyl groups is 1. The molecule has 4 nitrogen and oxygen atoms in total. The van der Waals surface area contributed by atoms with E-state index in [0.717, 1.165) is 57.7 Å². The van der Waals surface area contributed by atoms with Gasteiger partial charge in [-0.15, -0.1) is 0 Å². The molecular formula is C15H28N2O2. The minimum absolute atomic E-state index is 0.267. The number of likely N-dealkylation sites (tertiary alicyclic amines) is 2. The number of rotatable bonds is 4. The van der Waals surface area contributed by atoms with Crippen molar-refractivity contribution in [1.82, 2.24) is 9.80 Å². The van der Waals surface area contributed by atoms with E-state index >= 15 is 0 Å². The van der Waals surface area contributed by atoms with Crippen LogP contribution in [0.5, 0.6) is 0 Å². The van der Waals surface area contributed by atoms with Crippen molar-refractivity contribution in [3.8, 4) is 0 Å². The minimum Gasteiger partial charge on any atom is -0.393 e. The lowest BCUT2D eigenvalue weighted by Crippen LogP contribution is -2.45. The van der Waals surface area contributed by atoms with E-state index in [1.807, 2.05) is 11.8 Å². The smallest absolute Gasteiger partial charge is 0.236 e. The first kappa shape index (κ1) is 14.8. The van der Waals surface area contributed by atoms with Gasteiger partial charge in [-0.2, -0.15) is 0 Å². The van der Waals surface area contributed by atoms with Crippen molar-refractivity contribution in [3.05, 3.63) is 0 Å². The largest absolute Gasteiger partial charge is 0.393 e. The molecule has 2 aliphatic heterocycles. The monoisotopic (exact) mass is 268 g/mol. The van der Waals surface area contributed by atoms with Crippen molar-refractivity contribution in [2.45, 2.75) is 58.1 Å². The van der Waals surface area contributed by atoms with E-state index in [2.05, 4.69) is 11.8 Å². The van der Waals surface area contributed by atoms with E-state index in [9.17, 15) is 9.90 Å². The zero-order valence-corrected chi connectivity index (χ0v) is 12.3. The summed E-state index contributed by atoms with van der Waals surface area (Å²) in [6.07, 6.45) is 5.09. The van der Waals surface area contributed by atoms with E-state index in [4.69, 9.17) is 0 Å². The van der Waals surface area contributed by atoms with E-state index < -0.39 is 0 Å². The molecule has 0 radical (unpaired) electrons. The Morgan fingerprint density at radius 1 is 1.26 bits per heavy atom. The standard InChI is InChI=1S/C15H28N2O2/c1-12-5-8-16(9-6-12)15(19)11-17-7-3-4-14(17)10-13(2)18/h12-14,18H,3-11H2,1-2H3.